The molecule has 1 aromatic carbocycles. The van der Waals surface area contributed by atoms with Crippen LogP contribution in [0.4, 0.5) is 5.82 Å². The number of pyridine rings is 1. The molecule has 0 saturated carbocycles. The van der Waals surface area contributed by atoms with Gasteiger partial charge in [0.2, 0.25) is 0 Å². The Morgan fingerprint density at radius 1 is 1.07 bits per heavy atom. The Labute approximate surface area is 176 Å². The molecule has 5 aromatic rings. The van der Waals surface area contributed by atoms with Crippen LogP contribution in [0.5, 0.6) is 0 Å². The van der Waals surface area contributed by atoms with Gasteiger partial charge < -0.3 is 10.3 Å². The number of hydrogen-bond donors (Lipinski definition) is 2. The Hall–Kier alpha value is -3.67. The van der Waals surface area contributed by atoms with Gasteiger partial charge in [-0.3, -0.25) is 4.98 Å². The summed E-state index contributed by atoms with van der Waals surface area (Å²) in [6.45, 7) is 4.87. The van der Waals surface area contributed by atoms with Gasteiger partial charge >= 0.3 is 0 Å². The van der Waals surface area contributed by atoms with Crippen LogP contribution in [-0.4, -0.2) is 31.1 Å². The highest BCUT2D eigenvalue weighted by atomic mass is 15.3. The average Bonchev–Trinajstić information content (AvgIpc) is 3.32. The van der Waals surface area contributed by atoms with E-state index >= 15 is 0 Å². The zero-order valence-corrected chi connectivity index (χ0v) is 16.5. The fraction of sp³-hybridized carbons (Fsp3) is 0.208. The Morgan fingerprint density at radius 3 is 2.80 bits per heavy atom. The first-order chi connectivity index (χ1) is 14.2. The number of rotatable bonds is 5. The molecule has 30 heavy (non-hydrogen) atoms. The normalized spacial score (nSPS) is 11.0. The molecule has 0 atom stereocenters. The molecule has 5 rings (SSSR count). The molecule has 6 nitrogen and oxygen atoms in total. The van der Waals surface area contributed by atoms with Crippen molar-refractivity contribution in [3.05, 3.63) is 77.9 Å². The molecule has 0 saturated heterocycles. The Kier molecular flexibility index (Phi) is 5.23. The molecule has 0 bridgehead atoms. The lowest BCUT2D eigenvalue weighted by atomic mass is 10.1. The van der Waals surface area contributed by atoms with Gasteiger partial charge in [-0.15, -0.1) is 0 Å². The van der Waals surface area contributed by atoms with Gasteiger partial charge in [0.1, 0.15) is 5.82 Å². The minimum absolute atomic E-state index is 0. The van der Waals surface area contributed by atoms with Crippen LogP contribution in [0.1, 0.15) is 24.1 Å². The predicted octanol–water partition coefficient (Wildman–Crippen LogP) is 5.18. The molecule has 6 heteroatoms. The number of hydrogen-bond acceptors (Lipinski definition) is 4. The van der Waals surface area contributed by atoms with Gasteiger partial charge in [-0.1, -0.05) is 25.6 Å². The Morgan fingerprint density at radius 2 is 1.93 bits per heavy atom. The first-order valence-electron chi connectivity index (χ1n) is 9.75. The number of aromatic nitrogens is 5. The molecule has 0 spiro atoms. The van der Waals surface area contributed by atoms with E-state index in [0.717, 1.165) is 46.8 Å². The summed E-state index contributed by atoms with van der Waals surface area (Å²) in [5.74, 6) is 0.930. The van der Waals surface area contributed by atoms with Crippen LogP contribution in [0.25, 0.3) is 27.8 Å². The summed E-state index contributed by atoms with van der Waals surface area (Å²) < 4.78 is 1.87. The third-order valence-corrected chi connectivity index (χ3v) is 5.19. The minimum Gasteiger partial charge on any atom is -0.370 e. The number of H-pyrrole nitrogens is 1. The van der Waals surface area contributed by atoms with Gasteiger partial charge in [-0.2, -0.15) is 9.61 Å². The monoisotopic (exact) mass is 398 g/mol. The molecular formula is C24H26N6. The number of anilines is 1. The molecule has 0 radical (unpaired) electrons. The standard InChI is InChI=1S/C23H22N6.CH4/c1-15-9-18(13-24-11-15)21-10-22(29-23(28-21)16(2)12-27-29)25-8-7-17-14-26-20-6-4-3-5-19(17)20;/h3-6,9-14,25-26H,7-8H2,1-2H3;1H4. The topological polar surface area (TPSA) is 70.9 Å². The maximum Gasteiger partial charge on any atom is 0.160 e. The van der Waals surface area contributed by atoms with Crippen LogP contribution in [-0.2, 0) is 6.42 Å². The van der Waals surface area contributed by atoms with Crippen LogP contribution in [0.3, 0.4) is 0 Å². The van der Waals surface area contributed by atoms with E-state index in [-0.39, 0.29) is 7.43 Å². The second-order valence-corrected chi connectivity index (χ2v) is 7.38. The number of aromatic amines is 1. The zero-order valence-electron chi connectivity index (χ0n) is 16.5. The second-order valence-electron chi connectivity index (χ2n) is 7.38. The molecule has 152 valence electrons. The Bertz CT molecular complexity index is 1310. The Balaban J connectivity index is 0.00000218. The average molecular weight is 399 g/mol. The van der Waals surface area contributed by atoms with E-state index < -0.39 is 0 Å². The third kappa shape index (κ3) is 3.52. The fourth-order valence-electron chi connectivity index (χ4n) is 3.71. The summed E-state index contributed by atoms with van der Waals surface area (Å²) in [5.41, 5.74) is 7.40. The van der Waals surface area contributed by atoms with Crippen molar-refractivity contribution in [2.45, 2.75) is 27.7 Å². The van der Waals surface area contributed by atoms with Crippen LogP contribution >= 0.6 is 0 Å². The molecule has 2 N–H and O–H groups in total. The highest BCUT2D eigenvalue weighted by molar-refractivity contribution is 5.83. The number of para-hydroxylation sites is 1. The molecule has 0 fully saturated rings. The predicted molar refractivity (Wildman–Crippen MR) is 123 cm³/mol. The fourth-order valence-corrected chi connectivity index (χ4v) is 3.71. The zero-order chi connectivity index (χ0) is 19.8. The molecule has 4 heterocycles. The van der Waals surface area contributed by atoms with Crippen LogP contribution in [0, 0.1) is 13.8 Å². The van der Waals surface area contributed by atoms with E-state index in [1.165, 1.54) is 16.5 Å². The lowest BCUT2D eigenvalue weighted by molar-refractivity contribution is 0.916. The quantitative estimate of drug-likeness (QED) is 0.428. The number of nitrogens with one attached hydrogen (secondary N) is 2. The summed E-state index contributed by atoms with van der Waals surface area (Å²) >= 11 is 0. The maximum absolute atomic E-state index is 4.82. The van der Waals surface area contributed by atoms with Gasteiger partial charge in [0, 0.05) is 53.2 Å². The minimum atomic E-state index is 0. The molecule has 0 aliphatic carbocycles. The van der Waals surface area contributed by atoms with E-state index in [2.05, 4.69) is 56.9 Å². The van der Waals surface area contributed by atoms with Crippen LogP contribution in [0.2, 0.25) is 0 Å². The summed E-state index contributed by atoms with van der Waals surface area (Å²) in [5, 5.41) is 9.33. The van der Waals surface area contributed by atoms with Gasteiger partial charge in [0.25, 0.3) is 0 Å². The molecule has 0 aliphatic heterocycles. The number of fused-ring (bicyclic) bond motifs is 2. The van der Waals surface area contributed by atoms with Crippen molar-refractivity contribution in [2.75, 3.05) is 11.9 Å². The largest absolute Gasteiger partial charge is 0.370 e. The highest BCUT2D eigenvalue weighted by Gasteiger charge is 2.11. The summed E-state index contributed by atoms with van der Waals surface area (Å²) in [7, 11) is 0. The smallest absolute Gasteiger partial charge is 0.160 e. The lowest BCUT2D eigenvalue weighted by Crippen LogP contribution is -2.10. The van der Waals surface area contributed by atoms with E-state index in [1.807, 2.05) is 43.0 Å². The first-order valence-corrected chi connectivity index (χ1v) is 9.75. The summed E-state index contributed by atoms with van der Waals surface area (Å²) in [4.78, 5) is 12.5. The van der Waals surface area contributed by atoms with Crippen molar-refractivity contribution in [1.82, 2.24) is 24.6 Å². The number of aryl methyl sites for hydroxylation is 2. The molecule has 0 unspecified atom stereocenters. The third-order valence-electron chi connectivity index (χ3n) is 5.19. The molecular weight excluding hydrogens is 372 g/mol. The van der Waals surface area contributed by atoms with Gasteiger partial charge in [-0.25, -0.2) is 4.98 Å². The van der Waals surface area contributed by atoms with Crippen molar-refractivity contribution >= 4 is 22.4 Å². The van der Waals surface area contributed by atoms with E-state index in [1.54, 1.807) is 0 Å². The van der Waals surface area contributed by atoms with E-state index in [9.17, 15) is 0 Å². The van der Waals surface area contributed by atoms with Crippen LogP contribution < -0.4 is 5.32 Å². The van der Waals surface area contributed by atoms with Gasteiger partial charge in [0.15, 0.2) is 5.65 Å². The van der Waals surface area contributed by atoms with Crippen molar-refractivity contribution in [1.29, 1.82) is 0 Å². The first kappa shape index (κ1) is 19.6. The van der Waals surface area contributed by atoms with E-state index in [0.29, 0.717) is 0 Å². The maximum atomic E-state index is 4.82. The number of nitrogens with zero attached hydrogens (tertiary/aromatic N) is 4. The lowest BCUT2D eigenvalue weighted by Gasteiger charge is -2.11. The highest BCUT2D eigenvalue weighted by Crippen LogP contribution is 2.24. The molecule has 0 aliphatic rings. The number of benzene rings is 1. The summed E-state index contributed by atoms with van der Waals surface area (Å²) in [6, 6.07) is 12.5. The van der Waals surface area contributed by atoms with E-state index in [4.69, 9.17) is 4.98 Å². The van der Waals surface area contributed by atoms with Crippen molar-refractivity contribution in [3.8, 4) is 11.3 Å². The molecule has 4 aromatic heterocycles. The van der Waals surface area contributed by atoms with Crippen molar-refractivity contribution in [3.63, 3.8) is 0 Å². The SMILES string of the molecule is C.Cc1cncc(-c2cc(NCCc3c[nH]c4ccccc34)n3ncc(C)c3n2)c1. The van der Waals surface area contributed by atoms with Gasteiger partial charge in [0.05, 0.1) is 11.9 Å². The van der Waals surface area contributed by atoms with Crippen LogP contribution in [0.15, 0.2) is 61.2 Å². The summed E-state index contributed by atoms with van der Waals surface area (Å²) in [6.07, 6.45) is 8.57. The second kappa shape index (κ2) is 7.99. The van der Waals surface area contributed by atoms with Gasteiger partial charge in [-0.05, 0) is 43.5 Å². The van der Waals surface area contributed by atoms with Crippen molar-refractivity contribution < 1.29 is 0 Å². The molecule has 0 amide bonds. The van der Waals surface area contributed by atoms with Crippen molar-refractivity contribution in [2.24, 2.45) is 0 Å².